The lowest BCUT2D eigenvalue weighted by Gasteiger charge is -2.30. The molecule has 1 N–H and O–H groups in total. The molecule has 0 aromatic carbocycles. The molecule has 0 amide bonds. The molecule has 0 bridgehead atoms. The first-order valence-corrected chi connectivity index (χ1v) is 5.84. The second-order valence-electron chi connectivity index (χ2n) is 5.41. The van der Waals surface area contributed by atoms with Crippen LogP contribution in [0, 0.1) is 5.41 Å². The van der Waals surface area contributed by atoms with Crippen LogP contribution in [0.1, 0.15) is 32.0 Å². The van der Waals surface area contributed by atoms with Crippen LogP contribution in [0.2, 0.25) is 0 Å². The van der Waals surface area contributed by atoms with Crippen molar-refractivity contribution in [3.05, 3.63) is 29.6 Å². The average molecular weight is 260 g/mol. The van der Waals surface area contributed by atoms with E-state index in [9.17, 15) is 13.2 Å². The van der Waals surface area contributed by atoms with Gasteiger partial charge in [0, 0.05) is 18.7 Å². The third-order valence-electron chi connectivity index (χ3n) is 2.99. The molecule has 2 nitrogen and oxygen atoms in total. The van der Waals surface area contributed by atoms with Crippen molar-refractivity contribution in [2.45, 2.75) is 39.4 Å². The van der Waals surface area contributed by atoms with E-state index >= 15 is 0 Å². The molecule has 0 saturated carbocycles. The van der Waals surface area contributed by atoms with Crippen molar-refractivity contribution in [3.8, 4) is 0 Å². The lowest BCUT2D eigenvalue weighted by Crippen LogP contribution is -2.40. The standard InChI is InChI=1S/C13H19F3N2/c1-12(2,3)11(17-4)8-10-9(13(14,15)16)6-5-7-18-10/h5-7,11,17H,8H2,1-4H3. The molecule has 1 atom stereocenters. The minimum absolute atomic E-state index is 0.0616. The van der Waals surface area contributed by atoms with Gasteiger partial charge in [0.25, 0.3) is 0 Å². The first-order valence-electron chi connectivity index (χ1n) is 5.84. The molecule has 1 aromatic heterocycles. The highest BCUT2D eigenvalue weighted by atomic mass is 19.4. The fourth-order valence-electron chi connectivity index (χ4n) is 1.89. The van der Waals surface area contributed by atoms with Gasteiger partial charge in [-0.2, -0.15) is 13.2 Å². The van der Waals surface area contributed by atoms with Crippen molar-refractivity contribution in [2.24, 2.45) is 5.41 Å². The van der Waals surface area contributed by atoms with Gasteiger partial charge < -0.3 is 5.32 Å². The Bertz CT molecular complexity index is 394. The second kappa shape index (κ2) is 5.26. The number of alkyl halides is 3. The monoisotopic (exact) mass is 260 g/mol. The van der Waals surface area contributed by atoms with E-state index in [1.165, 1.54) is 12.3 Å². The highest BCUT2D eigenvalue weighted by molar-refractivity contribution is 5.24. The molecule has 0 radical (unpaired) electrons. The van der Waals surface area contributed by atoms with Gasteiger partial charge in [-0.3, -0.25) is 4.98 Å². The highest BCUT2D eigenvalue weighted by Crippen LogP contribution is 2.32. The summed E-state index contributed by atoms with van der Waals surface area (Å²) in [5.74, 6) is 0. The average Bonchev–Trinajstić information content (AvgIpc) is 2.23. The van der Waals surface area contributed by atoms with Gasteiger partial charge in [-0.05, 0) is 24.6 Å². The number of pyridine rings is 1. The zero-order valence-electron chi connectivity index (χ0n) is 11.1. The molecular weight excluding hydrogens is 241 g/mol. The SMILES string of the molecule is CNC(Cc1ncccc1C(F)(F)F)C(C)(C)C. The molecule has 5 heteroatoms. The van der Waals surface area contributed by atoms with Crippen LogP contribution in [0.3, 0.4) is 0 Å². The van der Waals surface area contributed by atoms with Gasteiger partial charge in [0.05, 0.1) is 11.3 Å². The lowest BCUT2D eigenvalue weighted by atomic mass is 9.83. The van der Waals surface area contributed by atoms with Gasteiger partial charge in [-0.25, -0.2) is 0 Å². The Labute approximate surface area is 106 Å². The minimum Gasteiger partial charge on any atom is -0.316 e. The molecule has 0 spiro atoms. The Morgan fingerprint density at radius 2 is 1.89 bits per heavy atom. The van der Waals surface area contributed by atoms with Crippen LogP contribution < -0.4 is 5.32 Å². The van der Waals surface area contributed by atoms with Gasteiger partial charge in [-0.15, -0.1) is 0 Å². The summed E-state index contributed by atoms with van der Waals surface area (Å²) in [5.41, 5.74) is -0.677. The Morgan fingerprint density at radius 1 is 1.28 bits per heavy atom. The first-order chi connectivity index (χ1) is 8.16. The number of nitrogens with zero attached hydrogens (tertiary/aromatic N) is 1. The Morgan fingerprint density at radius 3 is 2.33 bits per heavy atom. The predicted molar refractivity (Wildman–Crippen MR) is 65.2 cm³/mol. The predicted octanol–water partition coefficient (Wildman–Crippen LogP) is 3.28. The molecule has 0 fully saturated rings. The topological polar surface area (TPSA) is 24.9 Å². The maximum absolute atomic E-state index is 12.8. The number of likely N-dealkylation sites (N-methyl/N-ethyl adjacent to an activating group) is 1. The molecule has 1 aromatic rings. The number of halogens is 3. The van der Waals surface area contributed by atoms with Crippen LogP contribution in [0.25, 0.3) is 0 Å². The lowest BCUT2D eigenvalue weighted by molar-refractivity contribution is -0.138. The van der Waals surface area contributed by atoms with Crippen molar-refractivity contribution in [1.29, 1.82) is 0 Å². The molecule has 1 rings (SSSR count). The summed E-state index contributed by atoms with van der Waals surface area (Å²) >= 11 is 0. The number of nitrogens with one attached hydrogen (secondary N) is 1. The second-order valence-corrected chi connectivity index (χ2v) is 5.41. The number of aromatic nitrogens is 1. The van der Waals surface area contributed by atoms with Crippen molar-refractivity contribution >= 4 is 0 Å². The zero-order chi connectivity index (χ0) is 14.0. The van der Waals surface area contributed by atoms with Crippen molar-refractivity contribution in [3.63, 3.8) is 0 Å². The van der Waals surface area contributed by atoms with Crippen LogP contribution in [0.4, 0.5) is 13.2 Å². The molecule has 0 saturated heterocycles. The third kappa shape index (κ3) is 3.70. The summed E-state index contributed by atoms with van der Waals surface area (Å²) in [4.78, 5) is 3.89. The molecule has 18 heavy (non-hydrogen) atoms. The van der Waals surface area contributed by atoms with Gasteiger partial charge in [0.15, 0.2) is 0 Å². The van der Waals surface area contributed by atoms with Crippen LogP contribution in [-0.2, 0) is 12.6 Å². The summed E-state index contributed by atoms with van der Waals surface area (Å²) in [7, 11) is 1.76. The molecule has 0 aliphatic rings. The van der Waals surface area contributed by atoms with Crippen LogP contribution in [-0.4, -0.2) is 18.1 Å². The molecule has 102 valence electrons. The Kier molecular flexibility index (Phi) is 4.37. The molecule has 1 unspecified atom stereocenters. The summed E-state index contributed by atoms with van der Waals surface area (Å²) in [6, 6.07) is 2.34. The molecule has 0 aliphatic heterocycles. The van der Waals surface area contributed by atoms with E-state index in [2.05, 4.69) is 10.3 Å². The van der Waals surface area contributed by atoms with Crippen molar-refractivity contribution in [1.82, 2.24) is 10.3 Å². The number of rotatable bonds is 3. The quantitative estimate of drug-likeness (QED) is 0.902. The van der Waals surface area contributed by atoms with E-state index in [0.29, 0.717) is 0 Å². The summed E-state index contributed by atoms with van der Waals surface area (Å²) in [6.45, 7) is 5.97. The van der Waals surface area contributed by atoms with Gasteiger partial charge in [0.2, 0.25) is 0 Å². The highest BCUT2D eigenvalue weighted by Gasteiger charge is 2.35. The smallest absolute Gasteiger partial charge is 0.316 e. The summed E-state index contributed by atoms with van der Waals surface area (Å²) in [6.07, 6.45) is -2.69. The van der Waals surface area contributed by atoms with E-state index in [4.69, 9.17) is 0 Å². The summed E-state index contributed by atoms with van der Waals surface area (Å²) < 4.78 is 38.5. The summed E-state index contributed by atoms with van der Waals surface area (Å²) in [5, 5.41) is 3.06. The Balaban J connectivity index is 3.04. The van der Waals surface area contributed by atoms with E-state index < -0.39 is 11.7 Å². The van der Waals surface area contributed by atoms with E-state index in [1.54, 1.807) is 7.05 Å². The normalized spacial score (nSPS) is 14.6. The Hall–Kier alpha value is -1.10. The van der Waals surface area contributed by atoms with Crippen LogP contribution in [0.5, 0.6) is 0 Å². The maximum Gasteiger partial charge on any atom is 0.418 e. The van der Waals surface area contributed by atoms with Crippen molar-refractivity contribution < 1.29 is 13.2 Å². The van der Waals surface area contributed by atoms with E-state index in [0.717, 1.165) is 6.07 Å². The largest absolute Gasteiger partial charge is 0.418 e. The minimum atomic E-state index is -4.35. The first kappa shape index (κ1) is 15.0. The number of hydrogen-bond acceptors (Lipinski definition) is 2. The van der Waals surface area contributed by atoms with Crippen LogP contribution >= 0.6 is 0 Å². The van der Waals surface area contributed by atoms with E-state index in [1.807, 2.05) is 20.8 Å². The van der Waals surface area contributed by atoms with E-state index in [-0.39, 0.29) is 23.6 Å². The molecule has 0 aliphatic carbocycles. The van der Waals surface area contributed by atoms with Gasteiger partial charge in [-0.1, -0.05) is 20.8 Å². The molecule has 1 heterocycles. The van der Waals surface area contributed by atoms with Crippen molar-refractivity contribution in [2.75, 3.05) is 7.05 Å². The fourth-order valence-corrected chi connectivity index (χ4v) is 1.89. The van der Waals surface area contributed by atoms with Gasteiger partial charge >= 0.3 is 6.18 Å². The maximum atomic E-state index is 12.8. The van der Waals surface area contributed by atoms with Crippen LogP contribution in [0.15, 0.2) is 18.3 Å². The fraction of sp³-hybridized carbons (Fsp3) is 0.615. The molecular formula is C13H19F3N2. The third-order valence-corrected chi connectivity index (χ3v) is 2.99. The zero-order valence-corrected chi connectivity index (χ0v) is 11.1. The van der Waals surface area contributed by atoms with Gasteiger partial charge in [0.1, 0.15) is 0 Å². The number of hydrogen-bond donors (Lipinski definition) is 1.